The highest BCUT2D eigenvalue weighted by Gasteiger charge is 2.17. The summed E-state index contributed by atoms with van der Waals surface area (Å²) < 4.78 is 2.17. The zero-order valence-electron chi connectivity index (χ0n) is 10.4. The number of aromatic nitrogens is 1. The van der Waals surface area contributed by atoms with E-state index in [2.05, 4.69) is 42.8 Å². The van der Waals surface area contributed by atoms with Gasteiger partial charge in [0.1, 0.15) is 0 Å². The molecule has 0 amide bonds. The number of nitrogens with zero attached hydrogens (tertiary/aromatic N) is 1. The number of fused-ring (bicyclic) bond motifs is 1. The van der Waals surface area contributed by atoms with Crippen LogP contribution in [-0.4, -0.2) is 15.3 Å². The lowest BCUT2D eigenvalue weighted by Crippen LogP contribution is -2.23. The van der Waals surface area contributed by atoms with Crippen molar-refractivity contribution in [1.29, 1.82) is 0 Å². The molecule has 86 valence electrons. The minimum Gasteiger partial charge on any atom is -0.390 e. The van der Waals surface area contributed by atoms with Gasteiger partial charge in [0.25, 0.3) is 0 Å². The SMILES string of the molecule is Cc1cccc2c1cc(CC(C)(C)O)n2C. The van der Waals surface area contributed by atoms with Crippen LogP contribution in [0, 0.1) is 6.92 Å². The van der Waals surface area contributed by atoms with Crippen LogP contribution in [0.3, 0.4) is 0 Å². The van der Waals surface area contributed by atoms with Gasteiger partial charge < -0.3 is 9.67 Å². The van der Waals surface area contributed by atoms with Gasteiger partial charge in [0.05, 0.1) is 5.60 Å². The molecule has 2 aromatic rings. The number of aryl methyl sites for hydroxylation is 2. The van der Waals surface area contributed by atoms with Gasteiger partial charge >= 0.3 is 0 Å². The molecule has 0 saturated carbocycles. The summed E-state index contributed by atoms with van der Waals surface area (Å²) in [6.07, 6.45) is 0.678. The van der Waals surface area contributed by atoms with Crippen LogP contribution >= 0.6 is 0 Å². The smallest absolute Gasteiger partial charge is 0.0646 e. The molecule has 16 heavy (non-hydrogen) atoms. The van der Waals surface area contributed by atoms with Crippen molar-refractivity contribution in [2.45, 2.75) is 32.8 Å². The fourth-order valence-corrected chi connectivity index (χ4v) is 2.18. The molecule has 2 rings (SSSR count). The zero-order valence-corrected chi connectivity index (χ0v) is 10.4. The van der Waals surface area contributed by atoms with Crippen LogP contribution in [0.4, 0.5) is 0 Å². The summed E-state index contributed by atoms with van der Waals surface area (Å²) in [4.78, 5) is 0. The number of hydrogen-bond acceptors (Lipinski definition) is 1. The lowest BCUT2D eigenvalue weighted by Gasteiger charge is -2.17. The molecule has 1 aromatic heterocycles. The van der Waals surface area contributed by atoms with Gasteiger partial charge in [-0.15, -0.1) is 0 Å². The molecule has 0 saturated heterocycles. The third kappa shape index (κ3) is 1.98. The average molecular weight is 217 g/mol. The molecule has 0 aliphatic rings. The van der Waals surface area contributed by atoms with Crippen LogP contribution in [0.5, 0.6) is 0 Å². The van der Waals surface area contributed by atoms with Crippen molar-refractivity contribution < 1.29 is 5.11 Å². The molecule has 2 nitrogen and oxygen atoms in total. The highest BCUT2D eigenvalue weighted by molar-refractivity contribution is 5.84. The van der Waals surface area contributed by atoms with Gasteiger partial charge in [-0.25, -0.2) is 0 Å². The molecule has 1 N–H and O–H groups in total. The summed E-state index contributed by atoms with van der Waals surface area (Å²) in [6.45, 7) is 5.81. The maximum atomic E-state index is 9.88. The standard InChI is InChI=1S/C14H19NO/c1-10-6-5-7-13-12(10)8-11(15(13)4)9-14(2,3)16/h5-8,16H,9H2,1-4H3. The van der Waals surface area contributed by atoms with Gasteiger partial charge in [0, 0.05) is 30.1 Å². The summed E-state index contributed by atoms with van der Waals surface area (Å²) in [5.74, 6) is 0. The molecular weight excluding hydrogens is 198 g/mol. The normalized spacial score (nSPS) is 12.3. The van der Waals surface area contributed by atoms with Gasteiger partial charge in [0.15, 0.2) is 0 Å². The van der Waals surface area contributed by atoms with Crippen molar-refractivity contribution in [2.75, 3.05) is 0 Å². The third-order valence-electron chi connectivity index (χ3n) is 3.02. The van der Waals surface area contributed by atoms with E-state index in [9.17, 15) is 5.11 Å². The number of aliphatic hydroxyl groups is 1. The Bertz CT molecular complexity index is 517. The summed E-state index contributed by atoms with van der Waals surface area (Å²) in [7, 11) is 2.06. The molecule has 0 aliphatic heterocycles. The van der Waals surface area contributed by atoms with E-state index in [4.69, 9.17) is 0 Å². The van der Waals surface area contributed by atoms with Crippen molar-refractivity contribution >= 4 is 10.9 Å². The van der Waals surface area contributed by atoms with E-state index in [-0.39, 0.29) is 0 Å². The predicted molar refractivity (Wildman–Crippen MR) is 67.7 cm³/mol. The van der Waals surface area contributed by atoms with E-state index < -0.39 is 5.60 Å². The first-order valence-electron chi connectivity index (χ1n) is 5.65. The first-order valence-corrected chi connectivity index (χ1v) is 5.65. The van der Waals surface area contributed by atoms with E-state index in [0.29, 0.717) is 6.42 Å². The lowest BCUT2D eigenvalue weighted by atomic mass is 10.0. The molecule has 0 unspecified atom stereocenters. The maximum Gasteiger partial charge on any atom is 0.0646 e. The highest BCUT2D eigenvalue weighted by atomic mass is 16.3. The molecule has 2 heteroatoms. The number of hydrogen-bond donors (Lipinski definition) is 1. The van der Waals surface area contributed by atoms with Crippen molar-refractivity contribution in [2.24, 2.45) is 7.05 Å². The van der Waals surface area contributed by atoms with Gasteiger partial charge in [-0.05, 0) is 38.5 Å². The number of benzene rings is 1. The summed E-state index contributed by atoms with van der Waals surface area (Å²) in [6, 6.07) is 8.50. The Balaban J connectivity index is 2.56. The van der Waals surface area contributed by atoms with Crippen LogP contribution in [0.2, 0.25) is 0 Å². The van der Waals surface area contributed by atoms with E-state index in [1.165, 1.54) is 22.2 Å². The van der Waals surface area contributed by atoms with Gasteiger partial charge in [-0.3, -0.25) is 0 Å². The monoisotopic (exact) mass is 217 g/mol. The molecule has 0 atom stereocenters. The van der Waals surface area contributed by atoms with Crippen LogP contribution in [0.1, 0.15) is 25.1 Å². The lowest BCUT2D eigenvalue weighted by molar-refractivity contribution is 0.0793. The fourth-order valence-electron chi connectivity index (χ4n) is 2.18. The van der Waals surface area contributed by atoms with E-state index in [1.54, 1.807) is 0 Å². The zero-order chi connectivity index (χ0) is 11.9. The molecule has 1 aromatic carbocycles. The average Bonchev–Trinajstić information content (AvgIpc) is 2.44. The molecule has 0 aliphatic carbocycles. The second kappa shape index (κ2) is 3.63. The van der Waals surface area contributed by atoms with Crippen molar-refractivity contribution in [1.82, 2.24) is 4.57 Å². The van der Waals surface area contributed by atoms with Crippen molar-refractivity contribution in [3.05, 3.63) is 35.5 Å². The van der Waals surface area contributed by atoms with E-state index in [1.807, 2.05) is 13.8 Å². The molecular formula is C14H19NO. The summed E-state index contributed by atoms with van der Waals surface area (Å²) in [5.41, 5.74) is 3.04. The third-order valence-corrected chi connectivity index (χ3v) is 3.02. The number of rotatable bonds is 2. The molecule has 0 fully saturated rings. The molecule has 0 bridgehead atoms. The Kier molecular flexibility index (Phi) is 2.55. The minimum atomic E-state index is -0.657. The summed E-state index contributed by atoms with van der Waals surface area (Å²) >= 11 is 0. The second-order valence-corrected chi connectivity index (χ2v) is 5.19. The maximum absolute atomic E-state index is 9.88. The van der Waals surface area contributed by atoms with E-state index >= 15 is 0 Å². The van der Waals surface area contributed by atoms with E-state index in [0.717, 1.165) is 0 Å². The minimum absolute atomic E-state index is 0.657. The van der Waals surface area contributed by atoms with Gasteiger partial charge in [-0.1, -0.05) is 12.1 Å². The predicted octanol–water partition coefficient (Wildman–Crippen LogP) is 2.80. The van der Waals surface area contributed by atoms with Crippen molar-refractivity contribution in [3.8, 4) is 0 Å². The van der Waals surface area contributed by atoms with Crippen LogP contribution in [0.15, 0.2) is 24.3 Å². The fraction of sp³-hybridized carbons (Fsp3) is 0.429. The Morgan fingerprint density at radius 1 is 1.31 bits per heavy atom. The molecule has 0 radical (unpaired) electrons. The first-order chi connectivity index (χ1) is 7.38. The van der Waals surface area contributed by atoms with Gasteiger partial charge in [-0.2, -0.15) is 0 Å². The Morgan fingerprint density at radius 2 is 2.00 bits per heavy atom. The summed E-state index contributed by atoms with van der Waals surface area (Å²) in [5, 5.41) is 11.2. The quantitative estimate of drug-likeness (QED) is 0.822. The van der Waals surface area contributed by atoms with Crippen LogP contribution < -0.4 is 0 Å². The van der Waals surface area contributed by atoms with Crippen LogP contribution in [0.25, 0.3) is 10.9 Å². The first kappa shape index (κ1) is 11.2. The topological polar surface area (TPSA) is 25.2 Å². The molecule has 1 heterocycles. The largest absolute Gasteiger partial charge is 0.390 e. The van der Waals surface area contributed by atoms with Crippen LogP contribution in [-0.2, 0) is 13.5 Å². The second-order valence-electron chi connectivity index (χ2n) is 5.19. The highest BCUT2D eigenvalue weighted by Crippen LogP contribution is 2.24. The Labute approximate surface area is 96.5 Å². The molecule has 0 spiro atoms. The van der Waals surface area contributed by atoms with Crippen molar-refractivity contribution in [3.63, 3.8) is 0 Å². The Morgan fingerprint density at radius 3 is 2.56 bits per heavy atom. The Hall–Kier alpha value is -1.28. The van der Waals surface area contributed by atoms with Gasteiger partial charge in [0.2, 0.25) is 0 Å².